The Hall–Kier alpha value is -5.48. The molecular weight excluding hydrogens is 604 g/mol. The van der Waals surface area contributed by atoms with Gasteiger partial charge in [-0.1, -0.05) is 158 Å². The van der Waals surface area contributed by atoms with Crippen LogP contribution < -0.4 is 0 Å². The van der Waals surface area contributed by atoms with Crippen molar-refractivity contribution in [3.63, 3.8) is 0 Å². The van der Waals surface area contributed by atoms with Gasteiger partial charge in [0, 0.05) is 22.9 Å². The molecule has 4 nitrogen and oxygen atoms in total. The van der Waals surface area contributed by atoms with Crippen LogP contribution in [0.1, 0.15) is 77.1 Å². The summed E-state index contributed by atoms with van der Waals surface area (Å²) in [5, 5.41) is 45.3. The van der Waals surface area contributed by atoms with E-state index in [0.29, 0.717) is 21.5 Å². The normalized spacial score (nSPS) is 11.5. The highest BCUT2D eigenvalue weighted by atomic mass is 16.3. The summed E-state index contributed by atoms with van der Waals surface area (Å²) in [6.07, 6.45) is 2.80. The predicted molar refractivity (Wildman–Crippen MR) is 209 cm³/mol. The van der Waals surface area contributed by atoms with Gasteiger partial charge < -0.3 is 20.4 Å². The first-order valence-electron chi connectivity index (χ1n) is 17.2. The second-order valence-electron chi connectivity index (χ2n) is 10.8. The van der Waals surface area contributed by atoms with Crippen molar-refractivity contribution in [1.29, 1.82) is 0 Å². The third-order valence-corrected chi connectivity index (χ3v) is 8.42. The van der Waals surface area contributed by atoms with E-state index in [1.54, 1.807) is 18.2 Å². The molecule has 6 aromatic carbocycles. The molecule has 0 saturated carbocycles. The highest BCUT2D eigenvalue weighted by Gasteiger charge is 2.47. The van der Waals surface area contributed by atoms with Crippen molar-refractivity contribution in [2.45, 2.75) is 60.3 Å². The summed E-state index contributed by atoms with van der Waals surface area (Å²) in [5.41, 5.74) is 6.25. The molecule has 0 heterocycles. The summed E-state index contributed by atoms with van der Waals surface area (Å²) in [7, 11) is 0. The summed E-state index contributed by atoms with van der Waals surface area (Å²) in [4.78, 5) is 0. The second kappa shape index (κ2) is 17.1. The molecule has 0 aliphatic heterocycles. The lowest BCUT2D eigenvalue weighted by atomic mass is 9.65. The smallest absolute Gasteiger partial charge is 0.127 e. The maximum absolute atomic E-state index is 10.8. The monoisotopic (exact) mass is 654 g/mol. The van der Waals surface area contributed by atoms with Gasteiger partial charge in [-0.3, -0.25) is 0 Å². The van der Waals surface area contributed by atoms with Crippen LogP contribution in [0.2, 0.25) is 0 Å². The average Bonchev–Trinajstić information content (AvgIpc) is 3.44. The second-order valence-corrected chi connectivity index (χ2v) is 10.8. The minimum Gasteiger partial charge on any atom is -0.508 e. The molecule has 0 unspecified atom stereocenters. The van der Waals surface area contributed by atoms with Crippen molar-refractivity contribution in [3.05, 3.63) is 156 Å². The molecule has 4 heteroatoms. The third kappa shape index (κ3) is 6.91. The molecule has 0 atom stereocenters. The number of rotatable bonds is 4. The van der Waals surface area contributed by atoms with Gasteiger partial charge in [0.1, 0.15) is 23.0 Å². The molecule has 0 radical (unpaired) electrons. The van der Waals surface area contributed by atoms with Crippen LogP contribution in [0.25, 0.3) is 32.7 Å². The van der Waals surface area contributed by atoms with Crippen molar-refractivity contribution in [2.75, 3.05) is 0 Å². The Labute approximate surface area is 292 Å². The zero-order chi connectivity index (χ0) is 36.3. The highest BCUT2D eigenvalue weighted by Crippen LogP contribution is 2.59. The van der Waals surface area contributed by atoms with E-state index in [-0.39, 0.29) is 23.0 Å². The van der Waals surface area contributed by atoms with Gasteiger partial charge in [0.15, 0.2) is 0 Å². The van der Waals surface area contributed by atoms with E-state index in [1.165, 1.54) is 12.1 Å². The van der Waals surface area contributed by atoms with E-state index >= 15 is 0 Å². The quantitative estimate of drug-likeness (QED) is 0.142. The fourth-order valence-corrected chi connectivity index (χ4v) is 6.46. The van der Waals surface area contributed by atoms with Gasteiger partial charge in [0.25, 0.3) is 0 Å². The Morgan fingerprint density at radius 3 is 1.24 bits per heavy atom. The Kier molecular flexibility index (Phi) is 13.2. The van der Waals surface area contributed by atoms with Gasteiger partial charge in [-0.15, -0.1) is 0 Å². The molecular formula is C45H50O4. The molecule has 0 aromatic heterocycles. The molecule has 1 aliphatic carbocycles. The van der Waals surface area contributed by atoms with Crippen LogP contribution in [0.4, 0.5) is 0 Å². The zero-order valence-electron chi connectivity index (χ0n) is 29.9. The first-order chi connectivity index (χ1) is 23.8. The van der Waals surface area contributed by atoms with Crippen molar-refractivity contribution >= 4 is 21.5 Å². The Morgan fingerprint density at radius 1 is 0.531 bits per heavy atom. The molecule has 1 aliphatic rings. The molecule has 6 aromatic rings. The first kappa shape index (κ1) is 38.0. The van der Waals surface area contributed by atoms with E-state index in [2.05, 4.69) is 44.3 Å². The van der Waals surface area contributed by atoms with Gasteiger partial charge in [-0.25, -0.2) is 0 Å². The van der Waals surface area contributed by atoms with Crippen LogP contribution in [0.3, 0.4) is 0 Å². The number of benzene rings is 6. The van der Waals surface area contributed by atoms with Crippen LogP contribution in [0.5, 0.6) is 23.0 Å². The van der Waals surface area contributed by atoms with Crippen LogP contribution in [0.15, 0.2) is 134 Å². The largest absolute Gasteiger partial charge is 0.508 e. The van der Waals surface area contributed by atoms with E-state index in [4.69, 9.17) is 0 Å². The molecule has 254 valence electrons. The average molecular weight is 655 g/mol. The van der Waals surface area contributed by atoms with Gasteiger partial charge in [-0.05, 0) is 62.7 Å². The number of allylic oxidation sites excluding steroid dienone is 2. The highest BCUT2D eigenvalue weighted by molar-refractivity contribution is 6.01. The molecule has 0 fully saturated rings. The van der Waals surface area contributed by atoms with Crippen LogP contribution in [-0.4, -0.2) is 20.4 Å². The maximum atomic E-state index is 10.8. The van der Waals surface area contributed by atoms with E-state index in [0.717, 1.165) is 45.4 Å². The predicted octanol–water partition coefficient (Wildman–Crippen LogP) is 12.4. The number of phenolic OH excluding ortho intramolecular Hbond substituents is 4. The lowest BCUT2D eigenvalue weighted by Crippen LogP contribution is -2.29. The van der Waals surface area contributed by atoms with Crippen LogP contribution in [-0.2, 0) is 5.41 Å². The number of aromatic hydroxyl groups is 4. The fourth-order valence-electron chi connectivity index (χ4n) is 6.46. The Balaban J connectivity index is 0.000000480. The van der Waals surface area contributed by atoms with Gasteiger partial charge in [0.05, 0.1) is 5.41 Å². The SMILES string of the molecule is C=CC(=C)CC.CC.CC.CC.Oc1cc(O)c2cccc(C3(c4cccc5c(O)cc(O)cc45)c4ccccc4-c4ccccc43)c2c1. The van der Waals surface area contributed by atoms with Crippen LogP contribution >= 0.6 is 0 Å². The van der Waals surface area contributed by atoms with E-state index < -0.39 is 5.41 Å². The van der Waals surface area contributed by atoms with E-state index in [1.807, 2.05) is 102 Å². The summed E-state index contributed by atoms with van der Waals surface area (Å²) in [6, 6.07) is 34.2. The number of phenols is 4. The summed E-state index contributed by atoms with van der Waals surface area (Å²) >= 11 is 0. The molecule has 49 heavy (non-hydrogen) atoms. The molecule has 0 bridgehead atoms. The van der Waals surface area contributed by atoms with Crippen molar-refractivity contribution < 1.29 is 20.4 Å². The Bertz CT molecular complexity index is 1920. The summed E-state index contributed by atoms with van der Waals surface area (Å²) < 4.78 is 0. The summed E-state index contributed by atoms with van der Waals surface area (Å²) in [6.45, 7) is 21.3. The topological polar surface area (TPSA) is 80.9 Å². The lowest BCUT2D eigenvalue weighted by Gasteiger charge is -2.36. The van der Waals surface area contributed by atoms with Crippen molar-refractivity contribution in [3.8, 4) is 34.1 Å². The minimum absolute atomic E-state index is 0.000208. The standard InChI is InChI=1S/C33H22O4.C6H10.3C2H6/c34-19-15-25-23(31(36)17-19)9-5-13-29(25)33(30-14-6-10-24-26(30)16-20(35)18-32(24)37)27-11-3-1-7-21(27)22-8-2-4-12-28(22)33;1-4-6(3)5-2;3*1-2/h1-18,34-37H;4H,1,3,5H2,2H3;3*1-2H3. The first-order valence-corrected chi connectivity index (χ1v) is 17.2. The van der Waals surface area contributed by atoms with Gasteiger partial charge >= 0.3 is 0 Å². The summed E-state index contributed by atoms with van der Waals surface area (Å²) in [5.74, 6) is -0.0553. The third-order valence-electron chi connectivity index (χ3n) is 8.42. The van der Waals surface area contributed by atoms with Crippen molar-refractivity contribution in [2.24, 2.45) is 0 Å². The maximum Gasteiger partial charge on any atom is 0.127 e. The number of fused-ring (bicyclic) bond motifs is 5. The number of hydrogen-bond acceptors (Lipinski definition) is 4. The molecule has 7 rings (SSSR count). The number of hydrogen-bond donors (Lipinski definition) is 4. The van der Waals surface area contributed by atoms with Crippen molar-refractivity contribution in [1.82, 2.24) is 0 Å². The Morgan fingerprint density at radius 2 is 0.898 bits per heavy atom. The lowest BCUT2D eigenvalue weighted by molar-refractivity contribution is 0.454. The minimum atomic E-state index is -0.868. The fraction of sp³-hybridized carbons (Fsp3) is 0.200. The molecule has 0 amide bonds. The van der Waals surface area contributed by atoms with Gasteiger partial charge in [0.2, 0.25) is 0 Å². The molecule has 0 spiro atoms. The zero-order valence-corrected chi connectivity index (χ0v) is 29.9. The molecule has 4 N–H and O–H groups in total. The van der Waals surface area contributed by atoms with Gasteiger partial charge in [-0.2, -0.15) is 0 Å². The van der Waals surface area contributed by atoms with E-state index in [9.17, 15) is 20.4 Å². The van der Waals surface area contributed by atoms with Crippen LogP contribution in [0, 0.1) is 0 Å². The molecule has 0 saturated heterocycles.